The minimum Gasteiger partial charge on any atom is -0.0622 e. The number of benzene rings is 8. The zero-order chi connectivity index (χ0) is 35.5. The zero-order valence-electron chi connectivity index (χ0n) is 29.4. The Hall–Kier alpha value is -5.13. The summed E-state index contributed by atoms with van der Waals surface area (Å²) in [5.41, 5.74) is 2.10. The number of hydrogen-bond donors (Lipinski definition) is 0. The Morgan fingerprint density at radius 1 is 0.208 bits per heavy atom. The summed E-state index contributed by atoms with van der Waals surface area (Å²) in [5.74, 6) is 6.22. The molecule has 0 bridgehead atoms. The van der Waals surface area contributed by atoms with Crippen molar-refractivity contribution in [3.05, 3.63) is 254 Å². The minimum atomic E-state index is -0.877. The van der Waals surface area contributed by atoms with Gasteiger partial charge in [-0.05, 0) is 97.1 Å². The molecule has 0 saturated heterocycles. The fourth-order valence-electron chi connectivity index (χ4n) is 5.82. The smallest absolute Gasteiger partial charge is 0.0622 e. The molecular formula is C50H42P2Pt+2. The van der Waals surface area contributed by atoms with E-state index < -0.39 is 15.8 Å². The van der Waals surface area contributed by atoms with E-state index in [2.05, 4.69) is 194 Å². The Bertz CT molecular complexity index is 1860. The van der Waals surface area contributed by atoms with Crippen molar-refractivity contribution in [2.24, 2.45) is 0 Å². The third kappa shape index (κ3) is 12.2. The quantitative estimate of drug-likeness (QED) is 0.115. The van der Waals surface area contributed by atoms with E-state index in [-0.39, 0.29) is 21.1 Å². The van der Waals surface area contributed by atoms with E-state index in [1.54, 1.807) is 0 Å². The van der Waals surface area contributed by atoms with Gasteiger partial charge >= 0.3 is 0 Å². The Morgan fingerprint density at radius 3 is 0.528 bits per heavy atom. The average molecular weight is 900 g/mol. The van der Waals surface area contributed by atoms with Gasteiger partial charge < -0.3 is 0 Å². The molecule has 53 heavy (non-hydrogen) atoms. The van der Waals surface area contributed by atoms with E-state index in [4.69, 9.17) is 0 Å². The molecule has 0 aliphatic rings. The van der Waals surface area contributed by atoms with Gasteiger partial charge in [0.2, 0.25) is 0 Å². The molecule has 0 spiro atoms. The third-order valence-corrected chi connectivity index (χ3v) is 13.7. The van der Waals surface area contributed by atoms with Gasteiger partial charge in [-0.15, -0.1) is 0 Å². The average Bonchev–Trinajstić information content (AvgIpc) is 3.24. The zero-order valence-corrected chi connectivity index (χ0v) is 33.7. The molecule has 260 valence electrons. The van der Waals surface area contributed by atoms with Crippen LogP contribution in [0, 0.1) is 11.8 Å². The third-order valence-electron chi connectivity index (χ3n) is 8.27. The van der Waals surface area contributed by atoms with Crippen LogP contribution in [0.2, 0.25) is 0 Å². The molecule has 3 heteroatoms. The summed E-state index contributed by atoms with van der Waals surface area (Å²) < 4.78 is 0. The maximum Gasteiger partial charge on any atom is 0.102 e. The van der Waals surface area contributed by atoms with E-state index >= 15 is 0 Å². The number of rotatable bonds is 6. The van der Waals surface area contributed by atoms with Gasteiger partial charge in [-0.2, -0.15) is 0 Å². The fraction of sp³-hybridized carbons (Fsp3) is 0. The van der Waals surface area contributed by atoms with Crippen LogP contribution in [0.1, 0.15) is 11.1 Å². The Kier molecular flexibility index (Phi) is 16.3. The van der Waals surface area contributed by atoms with E-state index in [1.807, 2.05) is 60.7 Å². The molecule has 8 rings (SSSR count). The van der Waals surface area contributed by atoms with E-state index in [9.17, 15) is 0 Å². The summed E-state index contributed by atoms with van der Waals surface area (Å²) in [4.78, 5) is 0. The molecule has 0 atom stereocenters. The second-order valence-electron chi connectivity index (χ2n) is 11.9. The minimum absolute atomic E-state index is 0. The molecule has 0 fully saturated rings. The molecule has 0 heterocycles. The van der Waals surface area contributed by atoms with Crippen molar-refractivity contribution >= 4 is 47.7 Å². The largest absolute Gasteiger partial charge is 0.102 e. The van der Waals surface area contributed by atoms with Crippen molar-refractivity contribution in [2.75, 3.05) is 0 Å². The summed E-state index contributed by atoms with van der Waals surface area (Å²) in [6.07, 6.45) is 0. The second-order valence-corrected chi connectivity index (χ2v) is 16.9. The Balaban J connectivity index is 0.000000154. The molecular weight excluding hydrogens is 858 g/mol. The van der Waals surface area contributed by atoms with Crippen LogP contribution in [0.3, 0.4) is 0 Å². The fourth-order valence-corrected chi connectivity index (χ4v) is 11.0. The maximum atomic E-state index is 3.11. The topological polar surface area (TPSA) is 0 Å². The molecule has 0 aliphatic heterocycles. The van der Waals surface area contributed by atoms with Crippen LogP contribution in [0.15, 0.2) is 243 Å². The first kappa shape index (κ1) is 39.1. The van der Waals surface area contributed by atoms with Crippen molar-refractivity contribution in [3.8, 4) is 11.8 Å². The molecule has 8 aromatic carbocycles. The van der Waals surface area contributed by atoms with Crippen LogP contribution < -0.4 is 31.8 Å². The standard InChI is InChI=1S/2C18H15P.C14H10.Pt/c2*1-4-10-16(11-5-1)19(17-12-6-2-7-13-17)18-14-8-3-9-15-18;1-3-7-13(8-4-1)11-12-14-9-5-2-6-10-14;/h2*1-15H;1-10H;/p+2. The first-order valence-corrected chi connectivity index (χ1v) is 20.5. The number of hydrogen-bond acceptors (Lipinski definition) is 0. The first-order chi connectivity index (χ1) is 25.8. The molecule has 8 aromatic rings. The predicted octanol–water partition coefficient (Wildman–Crippen LogP) is 9.44. The summed E-state index contributed by atoms with van der Waals surface area (Å²) in [5, 5.41) is 8.61. The van der Waals surface area contributed by atoms with Crippen molar-refractivity contribution in [3.63, 3.8) is 0 Å². The van der Waals surface area contributed by atoms with Crippen LogP contribution in [-0.4, -0.2) is 0 Å². The molecule has 0 unspecified atom stereocenters. The van der Waals surface area contributed by atoms with Crippen LogP contribution in [-0.2, 0) is 21.1 Å². The summed E-state index contributed by atoms with van der Waals surface area (Å²) in [6, 6.07) is 85.0. The molecule has 0 nitrogen and oxygen atoms in total. The van der Waals surface area contributed by atoms with E-state index in [1.165, 1.54) is 31.8 Å². The van der Waals surface area contributed by atoms with E-state index in [0.717, 1.165) is 11.1 Å². The first-order valence-electron chi connectivity index (χ1n) is 17.5. The van der Waals surface area contributed by atoms with Crippen LogP contribution in [0.4, 0.5) is 0 Å². The summed E-state index contributed by atoms with van der Waals surface area (Å²) in [7, 11) is -1.75. The monoisotopic (exact) mass is 899 g/mol. The Morgan fingerprint density at radius 2 is 0.358 bits per heavy atom. The van der Waals surface area contributed by atoms with Crippen molar-refractivity contribution in [2.45, 2.75) is 0 Å². The molecule has 0 aromatic heterocycles. The molecule has 0 saturated carbocycles. The van der Waals surface area contributed by atoms with Crippen LogP contribution in [0.25, 0.3) is 0 Å². The predicted molar refractivity (Wildman–Crippen MR) is 232 cm³/mol. The molecule has 0 amide bonds. The normalized spacial score (nSPS) is 9.92. The SMILES string of the molecule is C(#Cc1ccccc1)c1ccccc1.[Pt].c1ccc([PH+](c2ccccc2)c2ccccc2)cc1.c1ccc([PH+](c2ccccc2)c2ccccc2)cc1. The maximum absolute atomic E-state index is 3.11. The van der Waals surface area contributed by atoms with Crippen molar-refractivity contribution in [1.82, 2.24) is 0 Å². The summed E-state index contributed by atoms with van der Waals surface area (Å²) in [6.45, 7) is 0. The van der Waals surface area contributed by atoms with Crippen molar-refractivity contribution < 1.29 is 21.1 Å². The molecule has 0 radical (unpaired) electrons. The van der Waals surface area contributed by atoms with Gasteiger partial charge in [0.1, 0.15) is 31.8 Å². The van der Waals surface area contributed by atoms with Gasteiger partial charge in [-0.1, -0.05) is 157 Å². The van der Waals surface area contributed by atoms with Gasteiger partial charge in [0.25, 0.3) is 0 Å². The Labute approximate surface area is 332 Å². The van der Waals surface area contributed by atoms with Crippen LogP contribution >= 0.6 is 15.8 Å². The molecule has 0 N–H and O–H groups in total. The van der Waals surface area contributed by atoms with Gasteiger partial charge in [0.05, 0.1) is 15.8 Å². The van der Waals surface area contributed by atoms with E-state index in [0.29, 0.717) is 0 Å². The second kappa shape index (κ2) is 22.1. The summed E-state index contributed by atoms with van der Waals surface area (Å²) >= 11 is 0. The van der Waals surface area contributed by atoms with Gasteiger partial charge in [-0.3, -0.25) is 0 Å². The van der Waals surface area contributed by atoms with Gasteiger partial charge in [0, 0.05) is 32.2 Å². The van der Waals surface area contributed by atoms with Crippen LogP contribution in [0.5, 0.6) is 0 Å². The van der Waals surface area contributed by atoms with Gasteiger partial charge in [-0.25, -0.2) is 0 Å². The van der Waals surface area contributed by atoms with Gasteiger partial charge in [0.15, 0.2) is 0 Å². The molecule has 0 aliphatic carbocycles. The van der Waals surface area contributed by atoms with Crippen molar-refractivity contribution in [1.29, 1.82) is 0 Å².